The van der Waals surface area contributed by atoms with Crippen LogP contribution in [0.5, 0.6) is 11.5 Å². The molecule has 164 valence electrons. The largest absolute Gasteiger partial charge is 0.508 e. The Morgan fingerprint density at radius 2 is 1.84 bits per heavy atom. The van der Waals surface area contributed by atoms with Gasteiger partial charge >= 0.3 is 0 Å². The van der Waals surface area contributed by atoms with E-state index < -0.39 is 0 Å². The number of nitrogens with zero attached hydrogens (tertiary/aromatic N) is 1. The number of fused-ring (bicyclic) bond motifs is 1. The van der Waals surface area contributed by atoms with Gasteiger partial charge in [0.15, 0.2) is 5.78 Å². The normalized spacial score (nSPS) is 14.6. The summed E-state index contributed by atoms with van der Waals surface area (Å²) in [6.07, 6.45) is 3.89. The molecule has 0 radical (unpaired) electrons. The summed E-state index contributed by atoms with van der Waals surface area (Å²) in [6, 6.07) is 14.7. The first-order valence-electron chi connectivity index (χ1n) is 11.0. The van der Waals surface area contributed by atoms with E-state index >= 15 is 0 Å². The van der Waals surface area contributed by atoms with Crippen molar-refractivity contribution in [1.29, 1.82) is 0 Å². The molecule has 1 aliphatic heterocycles. The van der Waals surface area contributed by atoms with E-state index in [1.807, 2.05) is 41.8 Å². The lowest BCUT2D eigenvalue weighted by molar-refractivity contribution is 0.104. The molecule has 0 saturated carbocycles. The molecule has 4 aromatic rings. The van der Waals surface area contributed by atoms with Crippen LogP contribution in [-0.4, -0.2) is 42.0 Å². The fourth-order valence-corrected chi connectivity index (χ4v) is 6.18. The summed E-state index contributed by atoms with van der Waals surface area (Å²) in [6.45, 7) is 3.93. The number of aromatic hydroxyl groups is 1. The summed E-state index contributed by atoms with van der Waals surface area (Å²) in [7, 11) is 0. The topological polar surface area (TPSA) is 49.8 Å². The number of ether oxygens (including phenoxy) is 1. The van der Waals surface area contributed by atoms with Gasteiger partial charge in [-0.25, -0.2) is 0 Å². The van der Waals surface area contributed by atoms with Gasteiger partial charge in [-0.05, 0) is 85.2 Å². The van der Waals surface area contributed by atoms with E-state index in [1.54, 1.807) is 34.8 Å². The highest BCUT2D eigenvalue weighted by Crippen LogP contribution is 2.41. The van der Waals surface area contributed by atoms with Gasteiger partial charge in [0, 0.05) is 38.2 Å². The predicted molar refractivity (Wildman–Crippen MR) is 132 cm³/mol. The van der Waals surface area contributed by atoms with Crippen LogP contribution in [0.1, 0.15) is 35.2 Å². The fourth-order valence-electron chi connectivity index (χ4n) is 4.23. The zero-order chi connectivity index (χ0) is 21.9. The predicted octanol–water partition coefficient (Wildman–Crippen LogP) is 6.43. The highest BCUT2D eigenvalue weighted by molar-refractivity contribution is 7.23. The Morgan fingerprint density at radius 1 is 1.03 bits per heavy atom. The minimum absolute atomic E-state index is 0.0111. The van der Waals surface area contributed by atoms with Crippen molar-refractivity contribution in [3.63, 3.8) is 0 Å². The molecule has 1 N–H and O–H groups in total. The van der Waals surface area contributed by atoms with Crippen LogP contribution in [0.25, 0.3) is 20.5 Å². The van der Waals surface area contributed by atoms with Crippen molar-refractivity contribution in [2.45, 2.75) is 19.3 Å². The van der Waals surface area contributed by atoms with Gasteiger partial charge in [-0.3, -0.25) is 9.69 Å². The molecule has 3 heterocycles. The maximum absolute atomic E-state index is 13.6. The van der Waals surface area contributed by atoms with Crippen LogP contribution in [-0.2, 0) is 0 Å². The SMILES string of the molecule is O=C(c1ccc(OCCN2CCCCC2)cc1)c1c(-c2ccsc2)sc2cc(O)ccc12. The van der Waals surface area contributed by atoms with E-state index in [4.69, 9.17) is 4.74 Å². The molecule has 1 aliphatic rings. The standard InChI is InChI=1S/C26H25NO3S2/c28-20-6-9-22-23(16-20)32-26(19-10-15-31-17-19)24(22)25(29)18-4-7-21(8-5-18)30-14-13-27-11-2-1-3-12-27/h4-10,15-17,28H,1-3,11-14H2. The Kier molecular flexibility index (Phi) is 6.26. The molecule has 2 aromatic carbocycles. The molecule has 2 aromatic heterocycles. The maximum atomic E-state index is 13.6. The molecule has 1 saturated heterocycles. The number of carbonyl (C=O) groups excluding carboxylic acids is 1. The molecule has 0 aliphatic carbocycles. The molecule has 0 atom stereocenters. The molecule has 0 bridgehead atoms. The van der Waals surface area contributed by atoms with E-state index in [0.717, 1.165) is 45.9 Å². The smallest absolute Gasteiger partial charge is 0.195 e. The summed E-state index contributed by atoms with van der Waals surface area (Å²) in [5, 5.41) is 14.9. The second-order valence-electron chi connectivity index (χ2n) is 8.10. The van der Waals surface area contributed by atoms with Crippen molar-refractivity contribution in [3.05, 3.63) is 70.4 Å². The first-order chi connectivity index (χ1) is 15.7. The molecule has 0 unspecified atom stereocenters. The Balaban J connectivity index is 1.36. The molecule has 0 spiro atoms. The van der Waals surface area contributed by atoms with Crippen molar-refractivity contribution in [2.24, 2.45) is 0 Å². The molecule has 0 amide bonds. The number of likely N-dealkylation sites (tertiary alicyclic amines) is 1. The molecule has 6 heteroatoms. The zero-order valence-corrected chi connectivity index (χ0v) is 19.4. The third-order valence-electron chi connectivity index (χ3n) is 5.93. The molecule has 32 heavy (non-hydrogen) atoms. The number of phenols is 1. The summed E-state index contributed by atoms with van der Waals surface area (Å²) < 4.78 is 6.83. The lowest BCUT2D eigenvalue weighted by atomic mass is 9.98. The van der Waals surface area contributed by atoms with Crippen LogP contribution in [0, 0.1) is 0 Å². The molecule has 5 rings (SSSR count). The number of piperidine rings is 1. The van der Waals surface area contributed by atoms with Crippen LogP contribution in [0.3, 0.4) is 0 Å². The first-order valence-corrected chi connectivity index (χ1v) is 12.7. The summed E-state index contributed by atoms with van der Waals surface area (Å²) >= 11 is 3.15. The van der Waals surface area contributed by atoms with Crippen LogP contribution in [0.4, 0.5) is 0 Å². The molecule has 4 nitrogen and oxygen atoms in total. The van der Waals surface area contributed by atoms with Gasteiger partial charge in [-0.1, -0.05) is 6.42 Å². The van der Waals surface area contributed by atoms with Gasteiger partial charge in [-0.15, -0.1) is 11.3 Å². The number of hydrogen-bond donors (Lipinski definition) is 1. The van der Waals surface area contributed by atoms with Crippen molar-refractivity contribution in [3.8, 4) is 21.9 Å². The number of benzene rings is 2. The quantitative estimate of drug-likeness (QED) is 0.321. The number of carbonyl (C=O) groups is 1. The lowest BCUT2D eigenvalue weighted by Crippen LogP contribution is -2.33. The van der Waals surface area contributed by atoms with E-state index in [0.29, 0.717) is 17.7 Å². The monoisotopic (exact) mass is 463 g/mol. The molecular formula is C26H25NO3S2. The van der Waals surface area contributed by atoms with Gasteiger partial charge in [0.25, 0.3) is 0 Å². The van der Waals surface area contributed by atoms with E-state index in [2.05, 4.69) is 10.3 Å². The second kappa shape index (κ2) is 9.45. The Bertz CT molecular complexity index is 1210. The van der Waals surface area contributed by atoms with Gasteiger partial charge in [0.2, 0.25) is 0 Å². The van der Waals surface area contributed by atoms with E-state index in [9.17, 15) is 9.90 Å². The van der Waals surface area contributed by atoms with Crippen LogP contribution in [0.15, 0.2) is 59.3 Å². The van der Waals surface area contributed by atoms with Gasteiger partial charge in [0.1, 0.15) is 18.1 Å². The van der Waals surface area contributed by atoms with Gasteiger partial charge < -0.3 is 9.84 Å². The highest BCUT2D eigenvalue weighted by Gasteiger charge is 2.22. The van der Waals surface area contributed by atoms with Crippen LogP contribution in [0.2, 0.25) is 0 Å². The van der Waals surface area contributed by atoms with Gasteiger partial charge in [-0.2, -0.15) is 11.3 Å². The average molecular weight is 464 g/mol. The summed E-state index contributed by atoms with van der Waals surface area (Å²) in [5.41, 5.74) is 2.37. The van der Waals surface area contributed by atoms with E-state index in [1.165, 1.54) is 19.3 Å². The third-order valence-corrected chi connectivity index (χ3v) is 7.81. The number of rotatable bonds is 7. The first kappa shape index (κ1) is 21.2. The average Bonchev–Trinajstić information content (AvgIpc) is 3.47. The second-order valence-corrected chi connectivity index (χ2v) is 9.94. The number of ketones is 1. The third kappa shape index (κ3) is 4.44. The lowest BCUT2D eigenvalue weighted by Gasteiger charge is -2.26. The molecule has 1 fully saturated rings. The van der Waals surface area contributed by atoms with Crippen molar-refractivity contribution in [1.82, 2.24) is 4.90 Å². The van der Waals surface area contributed by atoms with E-state index in [-0.39, 0.29) is 11.5 Å². The summed E-state index contributed by atoms with van der Waals surface area (Å²) in [4.78, 5) is 16.9. The molecular weight excluding hydrogens is 438 g/mol. The Hall–Kier alpha value is -2.67. The Labute approximate surface area is 195 Å². The van der Waals surface area contributed by atoms with Gasteiger partial charge in [0.05, 0.1) is 0 Å². The van der Waals surface area contributed by atoms with Crippen molar-refractivity contribution in [2.75, 3.05) is 26.2 Å². The van der Waals surface area contributed by atoms with Crippen molar-refractivity contribution >= 4 is 38.5 Å². The minimum atomic E-state index is -0.0111. The maximum Gasteiger partial charge on any atom is 0.195 e. The summed E-state index contributed by atoms with van der Waals surface area (Å²) in [5.74, 6) is 0.986. The minimum Gasteiger partial charge on any atom is -0.508 e. The Morgan fingerprint density at radius 3 is 2.59 bits per heavy atom. The number of thiophene rings is 2. The van der Waals surface area contributed by atoms with Crippen LogP contribution < -0.4 is 4.74 Å². The highest BCUT2D eigenvalue weighted by atomic mass is 32.1. The van der Waals surface area contributed by atoms with Crippen molar-refractivity contribution < 1.29 is 14.6 Å². The van der Waals surface area contributed by atoms with Crippen LogP contribution >= 0.6 is 22.7 Å². The zero-order valence-electron chi connectivity index (χ0n) is 17.8. The fraction of sp³-hybridized carbons (Fsp3) is 0.269. The number of hydrogen-bond acceptors (Lipinski definition) is 6. The number of phenolic OH excluding ortho intramolecular Hbond substituents is 1.